The maximum absolute atomic E-state index is 12.5. The van der Waals surface area contributed by atoms with Gasteiger partial charge in [-0.05, 0) is 36.1 Å². The van der Waals surface area contributed by atoms with Crippen molar-refractivity contribution < 1.29 is 14.3 Å². The highest BCUT2D eigenvalue weighted by Crippen LogP contribution is 2.33. The minimum atomic E-state index is -0.401. The van der Waals surface area contributed by atoms with Gasteiger partial charge in [0.2, 0.25) is 0 Å². The lowest BCUT2D eigenvalue weighted by molar-refractivity contribution is 0.0600. The van der Waals surface area contributed by atoms with Crippen LogP contribution in [0.1, 0.15) is 37.5 Å². The van der Waals surface area contributed by atoms with Crippen LogP contribution in [0, 0.1) is 0 Å². The molecule has 1 amide bonds. The minimum Gasteiger partial charge on any atom is -0.465 e. The van der Waals surface area contributed by atoms with Crippen molar-refractivity contribution in [3.05, 3.63) is 76.5 Å². The van der Waals surface area contributed by atoms with Crippen molar-refractivity contribution >= 4 is 18.1 Å². The Kier molecular flexibility index (Phi) is 4.72. The molecule has 2 N–H and O–H groups in total. The normalized spacial score (nSPS) is 12.3. The van der Waals surface area contributed by atoms with E-state index in [-0.39, 0.29) is 5.91 Å². The standard InChI is InChI=1S/C21H18N4O3/c1-28-21(27)15-8-6-13(7-9-15)12-22-25-20(26)19-17-11-10-14-4-2-3-5-16(14)18(17)23-24-19/h2-9,12H,10-11H2,1H3,(H,23,24)(H,25,26)/b22-12+. The van der Waals surface area contributed by atoms with Gasteiger partial charge in [-0.3, -0.25) is 9.89 Å². The van der Waals surface area contributed by atoms with E-state index < -0.39 is 5.97 Å². The molecule has 2 aromatic carbocycles. The molecule has 0 radical (unpaired) electrons. The molecule has 7 heteroatoms. The number of carbonyl (C=O) groups excluding carboxylic acids is 2. The highest BCUT2D eigenvalue weighted by molar-refractivity contribution is 5.96. The minimum absolute atomic E-state index is 0.337. The molecule has 3 aromatic rings. The summed E-state index contributed by atoms with van der Waals surface area (Å²) in [5, 5.41) is 11.2. The van der Waals surface area contributed by atoms with E-state index in [1.165, 1.54) is 18.9 Å². The van der Waals surface area contributed by atoms with Crippen molar-refractivity contribution in [1.82, 2.24) is 15.6 Å². The Morgan fingerprint density at radius 3 is 2.71 bits per heavy atom. The predicted octanol–water partition coefficient (Wildman–Crippen LogP) is 2.73. The first-order valence-corrected chi connectivity index (χ1v) is 8.84. The smallest absolute Gasteiger partial charge is 0.337 e. The molecule has 1 aromatic heterocycles. The van der Waals surface area contributed by atoms with Gasteiger partial charge >= 0.3 is 5.97 Å². The number of hydrogen-bond donors (Lipinski definition) is 2. The summed E-state index contributed by atoms with van der Waals surface area (Å²) >= 11 is 0. The molecule has 0 atom stereocenters. The first-order valence-electron chi connectivity index (χ1n) is 8.84. The summed E-state index contributed by atoms with van der Waals surface area (Å²) in [6.45, 7) is 0. The van der Waals surface area contributed by atoms with E-state index >= 15 is 0 Å². The maximum atomic E-state index is 12.5. The van der Waals surface area contributed by atoms with Crippen LogP contribution in [-0.4, -0.2) is 35.4 Å². The van der Waals surface area contributed by atoms with Gasteiger partial charge in [0.25, 0.3) is 5.91 Å². The van der Waals surface area contributed by atoms with Gasteiger partial charge in [0.05, 0.1) is 24.6 Å². The highest BCUT2D eigenvalue weighted by atomic mass is 16.5. The summed E-state index contributed by atoms with van der Waals surface area (Å²) < 4.78 is 4.66. The molecular formula is C21H18N4O3. The van der Waals surface area contributed by atoms with Gasteiger partial charge in [-0.2, -0.15) is 10.2 Å². The first-order chi connectivity index (χ1) is 13.7. The second-order valence-corrected chi connectivity index (χ2v) is 6.40. The number of esters is 1. The van der Waals surface area contributed by atoms with Crippen LogP contribution in [0.5, 0.6) is 0 Å². The lowest BCUT2D eigenvalue weighted by Gasteiger charge is -2.15. The third-order valence-electron chi connectivity index (χ3n) is 4.72. The lowest BCUT2D eigenvalue weighted by atomic mass is 9.89. The summed E-state index contributed by atoms with van der Waals surface area (Å²) in [4.78, 5) is 23.9. The summed E-state index contributed by atoms with van der Waals surface area (Å²) in [7, 11) is 1.33. The zero-order valence-corrected chi connectivity index (χ0v) is 15.2. The predicted molar refractivity (Wildman–Crippen MR) is 104 cm³/mol. The first kappa shape index (κ1) is 17.7. The molecule has 1 aliphatic rings. The molecule has 0 unspecified atom stereocenters. The molecule has 0 spiro atoms. The summed E-state index contributed by atoms with van der Waals surface area (Å²) in [6, 6.07) is 14.8. The second-order valence-electron chi connectivity index (χ2n) is 6.40. The number of nitrogens with one attached hydrogen (secondary N) is 2. The van der Waals surface area contributed by atoms with Crippen molar-refractivity contribution in [2.75, 3.05) is 7.11 Å². The molecule has 0 saturated heterocycles. The number of rotatable bonds is 4. The van der Waals surface area contributed by atoms with Gasteiger partial charge in [0.1, 0.15) is 5.69 Å². The average molecular weight is 374 g/mol. The second kappa shape index (κ2) is 7.48. The van der Waals surface area contributed by atoms with E-state index in [1.54, 1.807) is 24.3 Å². The van der Waals surface area contributed by atoms with E-state index in [0.717, 1.165) is 35.2 Å². The molecular weight excluding hydrogens is 356 g/mol. The van der Waals surface area contributed by atoms with E-state index in [2.05, 4.69) is 31.5 Å². The monoisotopic (exact) mass is 374 g/mol. The van der Waals surface area contributed by atoms with Crippen LogP contribution < -0.4 is 5.43 Å². The molecule has 0 fully saturated rings. The van der Waals surface area contributed by atoms with Crippen molar-refractivity contribution in [3.8, 4) is 11.3 Å². The fourth-order valence-electron chi connectivity index (χ4n) is 3.29. The third kappa shape index (κ3) is 3.29. The van der Waals surface area contributed by atoms with Crippen molar-refractivity contribution in [2.45, 2.75) is 12.8 Å². The molecule has 1 heterocycles. The van der Waals surface area contributed by atoms with Crippen LogP contribution in [0.3, 0.4) is 0 Å². The van der Waals surface area contributed by atoms with Crippen molar-refractivity contribution in [1.29, 1.82) is 0 Å². The molecule has 0 saturated carbocycles. The molecule has 0 bridgehead atoms. The molecule has 0 aliphatic heterocycles. The number of hydrogen-bond acceptors (Lipinski definition) is 5. The Hall–Kier alpha value is -3.74. The molecule has 4 rings (SSSR count). The topological polar surface area (TPSA) is 96.4 Å². The highest BCUT2D eigenvalue weighted by Gasteiger charge is 2.24. The third-order valence-corrected chi connectivity index (χ3v) is 4.72. The van der Waals surface area contributed by atoms with Crippen LogP contribution in [0.2, 0.25) is 0 Å². The number of H-pyrrole nitrogens is 1. The van der Waals surface area contributed by atoms with Gasteiger partial charge in [0, 0.05) is 11.1 Å². The van der Waals surface area contributed by atoms with Crippen LogP contribution in [0.15, 0.2) is 53.6 Å². The van der Waals surface area contributed by atoms with Gasteiger partial charge in [-0.1, -0.05) is 36.4 Å². The van der Waals surface area contributed by atoms with Crippen molar-refractivity contribution in [3.63, 3.8) is 0 Å². The van der Waals surface area contributed by atoms with Gasteiger partial charge in [0.15, 0.2) is 0 Å². The van der Waals surface area contributed by atoms with Gasteiger partial charge < -0.3 is 4.74 Å². The number of benzene rings is 2. The Morgan fingerprint density at radius 2 is 1.93 bits per heavy atom. The number of nitrogens with zero attached hydrogens (tertiary/aromatic N) is 2. The SMILES string of the molecule is COC(=O)c1ccc(/C=N/NC(=O)c2[nH]nc3c2CCc2ccccc2-3)cc1. The van der Waals surface area contributed by atoms with Gasteiger partial charge in [-0.25, -0.2) is 10.2 Å². The van der Waals surface area contributed by atoms with Crippen LogP contribution >= 0.6 is 0 Å². The van der Waals surface area contributed by atoms with E-state index in [1.807, 2.05) is 18.2 Å². The Bertz CT molecular complexity index is 1070. The number of aryl methyl sites for hydroxylation is 1. The number of amides is 1. The van der Waals surface area contributed by atoms with Gasteiger partial charge in [-0.15, -0.1) is 0 Å². The van der Waals surface area contributed by atoms with Crippen molar-refractivity contribution in [2.24, 2.45) is 5.10 Å². The lowest BCUT2D eigenvalue weighted by Crippen LogP contribution is -2.20. The summed E-state index contributed by atoms with van der Waals surface area (Å²) in [6.07, 6.45) is 3.14. The van der Waals surface area contributed by atoms with Crippen LogP contribution in [-0.2, 0) is 17.6 Å². The summed E-state index contributed by atoms with van der Waals surface area (Å²) in [5.74, 6) is -0.738. The molecule has 28 heavy (non-hydrogen) atoms. The fraction of sp³-hybridized carbons (Fsp3) is 0.143. The Labute approximate surface area is 161 Å². The molecule has 1 aliphatic carbocycles. The van der Waals surface area contributed by atoms with Crippen LogP contribution in [0.4, 0.5) is 0 Å². The number of aromatic nitrogens is 2. The fourth-order valence-corrected chi connectivity index (χ4v) is 3.29. The summed E-state index contributed by atoms with van der Waals surface area (Å²) in [5.41, 5.74) is 8.19. The maximum Gasteiger partial charge on any atom is 0.337 e. The quantitative estimate of drug-likeness (QED) is 0.417. The Balaban J connectivity index is 1.46. The largest absolute Gasteiger partial charge is 0.465 e. The average Bonchev–Trinajstić information content (AvgIpc) is 3.18. The number of hydrazone groups is 1. The number of ether oxygens (including phenoxy) is 1. The number of carbonyl (C=O) groups is 2. The molecule has 7 nitrogen and oxygen atoms in total. The number of aromatic amines is 1. The van der Waals surface area contributed by atoms with E-state index in [4.69, 9.17) is 0 Å². The number of methoxy groups -OCH3 is 1. The van der Waals surface area contributed by atoms with E-state index in [9.17, 15) is 9.59 Å². The van der Waals surface area contributed by atoms with Crippen LogP contribution in [0.25, 0.3) is 11.3 Å². The zero-order chi connectivity index (χ0) is 19.5. The number of fused-ring (bicyclic) bond motifs is 3. The zero-order valence-electron chi connectivity index (χ0n) is 15.2. The Morgan fingerprint density at radius 1 is 1.14 bits per heavy atom. The molecule has 140 valence electrons. The van der Waals surface area contributed by atoms with E-state index in [0.29, 0.717) is 11.3 Å².